The predicted molar refractivity (Wildman–Crippen MR) is 142 cm³/mol. The number of hydrogen-bond acceptors (Lipinski definition) is 6. The van der Waals surface area contributed by atoms with Crippen LogP contribution in [0.5, 0.6) is 0 Å². The summed E-state index contributed by atoms with van der Waals surface area (Å²) in [6.45, 7) is 2.21. The van der Waals surface area contributed by atoms with Crippen molar-refractivity contribution in [3.63, 3.8) is 0 Å². The van der Waals surface area contributed by atoms with Gasteiger partial charge in [0.05, 0.1) is 17.0 Å². The predicted octanol–water partition coefficient (Wildman–Crippen LogP) is 5.41. The van der Waals surface area contributed by atoms with Crippen LogP contribution in [-0.2, 0) is 11.3 Å². The second-order valence-corrected chi connectivity index (χ2v) is 10.7. The zero-order valence-electron chi connectivity index (χ0n) is 18.6. The molecule has 0 bridgehead atoms. The van der Waals surface area contributed by atoms with E-state index in [4.69, 9.17) is 28.8 Å². The van der Waals surface area contributed by atoms with Gasteiger partial charge >= 0.3 is 0 Å². The number of nitrogens with one attached hydrogen (secondary N) is 1. The van der Waals surface area contributed by atoms with Crippen LogP contribution in [0, 0.1) is 6.92 Å². The Morgan fingerprint density at radius 1 is 1.21 bits per heavy atom. The first kappa shape index (κ1) is 23.1. The molecule has 1 aromatic carbocycles. The van der Waals surface area contributed by atoms with E-state index in [1.165, 1.54) is 21.1 Å². The molecule has 3 aromatic rings. The Morgan fingerprint density at radius 3 is 2.74 bits per heavy atom. The van der Waals surface area contributed by atoms with Crippen molar-refractivity contribution in [1.29, 1.82) is 0 Å². The number of pyridine rings is 1. The third kappa shape index (κ3) is 4.50. The lowest BCUT2D eigenvalue weighted by atomic mass is 10.2. The SMILES string of the molecule is Cc1ccc2nc(NC3CCCC3)c(/C=C3/SC(=S)N(Cc4ccccc4Cl)C3=O)c(=O)n2c1. The Kier molecular flexibility index (Phi) is 6.46. The number of halogens is 1. The van der Waals surface area contributed by atoms with Gasteiger partial charge in [-0.3, -0.25) is 18.9 Å². The van der Waals surface area contributed by atoms with Crippen molar-refractivity contribution >= 4 is 63.3 Å². The van der Waals surface area contributed by atoms with Crippen molar-refractivity contribution in [2.45, 2.75) is 45.2 Å². The molecular weight excluding hydrogens is 488 g/mol. The van der Waals surface area contributed by atoms with Gasteiger partial charge in [0.2, 0.25) is 0 Å². The molecule has 1 saturated heterocycles. The number of benzene rings is 1. The number of rotatable bonds is 5. The highest BCUT2D eigenvalue weighted by Crippen LogP contribution is 2.35. The van der Waals surface area contributed by atoms with E-state index >= 15 is 0 Å². The van der Waals surface area contributed by atoms with Crippen molar-refractivity contribution in [2.24, 2.45) is 0 Å². The Labute approximate surface area is 212 Å². The van der Waals surface area contributed by atoms with Crippen molar-refractivity contribution in [1.82, 2.24) is 14.3 Å². The van der Waals surface area contributed by atoms with Crippen LogP contribution in [0.15, 0.2) is 52.3 Å². The van der Waals surface area contributed by atoms with E-state index in [0.717, 1.165) is 36.8 Å². The summed E-state index contributed by atoms with van der Waals surface area (Å²) in [4.78, 5) is 33.5. The van der Waals surface area contributed by atoms with Crippen LogP contribution in [0.25, 0.3) is 11.7 Å². The molecule has 1 aliphatic heterocycles. The Balaban J connectivity index is 1.55. The number of thiocarbonyl (C=S) groups is 1. The fraction of sp³-hybridized carbons (Fsp3) is 0.280. The quantitative estimate of drug-likeness (QED) is 0.365. The first-order chi connectivity index (χ1) is 16.4. The number of amides is 1. The van der Waals surface area contributed by atoms with E-state index in [-0.39, 0.29) is 24.1 Å². The zero-order valence-corrected chi connectivity index (χ0v) is 21.0. The number of aromatic nitrogens is 2. The van der Waals surface area contributed by atoms with Crippen LogP contribution >= 0.6 is 35.6 Å². The fourth-order valence-corrected chi connectivity index (χ4v) is 5.76. The number of hydrogen-bond donors (Lipinski definition) is 1. The molecule has 0 spiro atoms. The van der Waals surface area contributed by atoms with Gasteiger partial charge in [0.1, 0.15) is 15.8 Å². The van der Waals surface area contributed by atoms with Crippen LogP contribution < -0.4 is 10.9 Å². The lowest BCUT2D eigenvalue weighted by Crippen LogP contribution is -2.28. The summed E-state index contributed by atoms with van der Waals surface area (Å²) in [7, 11) is 0. The molecule has 1 N–H and O–H groups in total. The van der Waals surface area contributed by atoms with Crippen molar-refractivity contribution in [2.75, 3.05) is 5.32 Å². The Hall–Kier alpha value is -2.68. The minimum absolute atomic E-state index is 0.217. The third-order valence-corrected chi connectivity index (χ3v) is 7.88. The van der Waals surface area contributed by atoms with Crippen molar-refractivity contribution in [3.05, 3.63) is 79.6 Å². The Bertz CT molecular complexity index is 1400. The molecule has 1 saturated carbocycles. The highest BCUT2D eigenvalue weighted by molar-refractivity contribution is 8.26. The van der Waals surface area contributed by atoms with Gasteiger partial charge in [-0.25, -0.2) is 4.98 Å². The molecule has 174 valence electrons. The van der Waals surface area contributed by atoms with Crippen LogP contribution in [-0.4, -0.2) is 30.6 Å². The van der Waals surface area contributed by atoms with Gasteiger partial charge < -0.3 is 5.32 Å². The summed E-state index contributed by atoms with van der Waals surface area (Å²) in [5.41, 5.74) is 2.48. The van der Waals surface area contributed by atoms with E-state index in [2.05, 4.69) is 5.32 Å². The molecule has 2 aromatic heterocycles. The highest BCUT2D eigenvalue weighted by Gasteiger charge is 2.33. The summed E-state index contributed by atoms with van der Waals surface area (Å²) in [5, 5.41) is 4.04. The largest absolute Gasteiger partial charge is 0.367 e. The van der Waals surface area contributed by atoms with Gasteiger partial charge in [-0.05, 0) is 49.1 Å². The first-order valence-electron chi connectivity index (χ1n) is 11.2. The average molecular weight is 511 g/mol. The van der Waals surface area contributed by atoms with Crippen molar-refractivity contribution < 1.29 is 4.79 Å². The lowest BCUT2D eigenvalue weighted by molar-refractivity contribution is -0.122. The molecular formula is C25H23ClN4O2S2. The van der Waals surface area contributed by atoms with E-state index < -0.39 is 0 Å². The number of carbonyl (C=O) groups excluding carboxylic acids is 1. The maximum absolute atomic E-state index is 13.5. The molecule has 0 unspecified atom stereocenters. The smallest absolute Gasteiger partial charge is 0.267 e. The highest BCUT2D eigenvalue weighted by atomic mass is 35.5. The van der Waals surface area contributed by atoms with Gasteiger partial charge in [-0.15, -0.1) is 0 Å². The molecule has 0 radical (unpaired) electrons. The molecule has 9 heteroatoms. The summed E-state index contributed by atoms with van der Waals surface area (Å²) in [6.07, 6.45) is 7.78. The van der Waals surface area contributed by atoms with Gasteiger partial charge in [-0.1, -0.05) is 72.7 Å². The summed E-state index contributed by atoms with van der Waals surface area (Å²) < 4.78 is 1.97. The maximum Gasteiger partial charge on any atom is 0.267 e. The second-order valence-electron chi connectivity index (χ2n) is 8.60. The fourth-order valence-electron chi connectivity index (χ4n) is 4.33. The minimum Gasteiger partial charge on any atom is -0.367 e. The lowest BCUT2D eigenvalue weighted by Gasteiger charge is -2.16. The summed E-state index contributed by atoms with van der Waals surface area (Å²) in [5.74, 6) is 0.271. The molecule has 1 aliphatic carbocycles. The van der Waals surface area contributed by atoms with Crippen LogP contribution in [0.1, 0.15) is 42.4 Å². The molecule has 34 heavy (non-hydrogen) atoms. The third-order valence-electron chi connectivity index (χ3n) is 6.14. The molecule has 2 aliphatic rings. The van der Waals surface area contributed by atoms with Gasteiger partial charge in [-0.2, -0.15) is 0 Å². The van der Waals surface area contributed by atoms with E-state index in [0.29, 0.717) is 31.3 Å². The van der Waals surface area contributed by atoms with Crippen LogP contribution in [0.4, 0.5) is 5.82 Å². The number of thioether (sulfide) groups is 1. The maximum atomic E-state index is 13.5. The van der Waals surface area contributed by atoms with Gasteiger partial charge in [0.15, 0.2) is 0 Å². The molecule has 0 atom stereocenters. The monoisotopic (exact) mass is 510 g/mol. The number of nitrogens with zero attached hydrogens (tertiary/aromatic N) is 3. The average Bonchev–Trinajstić information content (AvgIpc) is 3.42. The second kappa shape index (κ2) is 9.52. The molecule has 2 fully saturated rings. The molecule has 6 nitrogen and oxygen atoms in total. The van der Waals surface area contributed by atoms with Crippen molar-refractivity contribution in [3.8, 4) is 0 Å². The number of carbonyl (C=O) groups is 1. The van der Waals surface area contributed by atoms with E-state index in [1.54, 1.807) is 18.3 Å². The molecule has 3 heterocycles. The topological polar surface area (TPSA) is 66.7 Å². The molecule has 5 rings (SSSR count). The minimum atomic E-state index is -0.240. The van der Waals surface area contributed by atoms with Crippen LogP contribution in [0.2, 0.25) is 5.02 Å². The van der Waals surface area contributed by atoms with E-state index in [1.807, 2.05) is 37.3 Å². The zero-order chi connectivity index (χ0) is 23.8. The van der Waals surface area contributed by atoms with Gasteiger partial charge in [0.25, 0.3) is 11.5 Å². The normalized spacial score (nSPS) is 17.9. The standard InChI is InChI=1S/C25H23ClN4O2S2/c1-15-10-11-21-28-22(27-17-7-3-4-8-17)18(23(31)29(21)13-15)12-20-24(32)30(25(33)34-20)14-16-6-2-5-9-19(16)26/h2,5-6,9-13,17,27H,3-4,7-8,14H2,1H3/b20-12+. The summed E-state index contributed by atoms with van der Waals surface area (Å²) >= 11 is 13.0. The summed E-state index contributed by atoms with van der Waals surface area (Å²) in [6, 6.07) is 11.4. The first-order valence-corrected chi connectivity index (χ1v) is 12.8. The van der Waals surface area contributed by atoms with Crippen LogP contribution in [0.3, 0.4) is 0 Å². The Morgan fingerprint density at radius 2 is 1.97 bits per heavy atom. The van der Waals surface area contributed by atoms with Gasteiger partial charge in [0, 0.05) is 17.3 Å². The number of anilines is 1. The number of aryl methyl sites for hydroxylation is 1. The number of fused-ring (bicyclic) bond motifs is 1. The van der Waals surface area contributed by atoms with E-state index in [9.17, 15) is 9.59 Å². The molecule has 1 amide bonds.